The van der Waals surface area contributed by atoms with Crippen LogP contribution in [0.5, 0.6) is 0 Å². The van der Waals surface area contributed by atoms with Crippen LogP contribution in [-0.2, 0) is 4.79 Å². The van der Waals surface area contributed by atoms with Crippen LogP contribution in [0.3, 0.4) is 0 Å². The van der Waals surface area contributed by atoms with E-state index < -0.39 is 0 Å². The predicted octanol–water partition coefficient (Wildman–Crippen LogP) is 3.90. The molecule has 1 aromatic carbocycles. The van der Waals surface area contributed by atoms with E-state index in [2.05, 4.69) is 33.7 Å². The number of hydrogen-bond donors (Lipinski definition) is 0. The third-order valence-corrected chi connectivity index (χ3v) is 8.01. The fourth-order valence-electron chi connectivity index (χ4n) is 4.35. The highest BCUT2D eigenvalue weighted by atomic mass is 32.2. The number of para-hydroxylation sites is 1. The topological polar surface area (TPSA) is 76.8 Å². The first-order chi connectivity index (χ1) is 14.3. The summed E-state index contributed by atoms with van der Waals surface area (Å²) in [4.78, 5) is 19.7. The zero-order valence-electron chi connectivity index (χ0n) is 16.2. The van der Waals surface area contributed by atoms with Crippen molar-refractivity contribution in [3.05, 3.63) is 29.3 Å². The lowest BCUT2D eigenvalue weighted by Gasteiger charge is -2.31. The summed E-state index contributed by atoms with van der Waals surface area (Å²) in [5.41, 5.74) is 1.06. The van der Waals surface area contributed by atoms with Crippen LogP contribution in [0.1, 0.15) is 55.5 Å². The summed E-state index contributed by atoms with van der Waals surface area (Å²) in [5, 5.41) is 14.1. The van der Waals surface area contributed by atoms with Crippen LogP contribution in [0.4, 0.5) is 0 Å². The third-order valence-electron chi connectivity index (χ3n) is 5.89. The van der Waals surface area contributed by atoms with Crippen LogP contribution < -0.4 is 0 Å². The molecule has 3 heterocycles. The second kappa shape index (κ2) is 8.39. The zero-order valence-corrected chi connectivity index (χ0v) is 17.9. The quantitative estimate of drug-likeness (QED) is 0.574. The molecule has 0 N–H and O–H groups in total. The van der Waals surface area contributed by atoms with Gasteiger partial charge < -0.3 is 4.90 Å². The summed E-state index contributed by atoms with van der Waals surface area (Å²) < 4.78 is 3.14. The number of rotatable bonds is 5. The molecule has 9 heteroatoms. The van der Waals surface area contributed by atoms with E-state index in [-0.39, 0.29) is 5.91 Å². The molecule has 152 valence electrons. The van der Waals surface area contributed by atoms with Gasteiger partial charge in [0, 0.05) is 19.0 Å². The van der Waals surface area contributed by atoms with Gasteiger partial charge >= 0.3 is 0 Å². The van der Waals surface area contributed by atoms with E-state index in [4.69, 9.17) is 4.98 Å². The molecule has 1 aliphatic heterocycles. The number of thiazole rings is 1. The summed E-state index contributed by atoms with van der Waals surface area (Å²) in [6.07, 6.45) is 6.83. The van der Waals surface area contributed by atoms with Crippen LogP contribution in [-0.4, -0.2) is 54.8 Å². The van der Waals surface area contributed by atoms with Gasteiger partial charge in [0.05, 0.1) is 27.0 Å². The first-order valence-corrected chi connectivity index (χ1v) is 12.1. The fraction of sp³-hybridized carbons (Fsp3) is 0.550. The van der Waals surface area contributed by atoms with Gasteiger partial charge in [-0.2, -0.15) is 0 Å². The van der Waals surface area contributed by atoms with E-state index in [0.717, 1.165) is 54.5 Å². The smallest absolute Gasteiger partial charge is 0.233 e. The van der Waals surface area contributed by atoms with Gasteiger partial charge in [-0.15, -0.1) is 16.4 Å². The lowest BCUT2D eigenvalue weighted by molar-refractivity contribution is -0.129. The summed E-state index contributed by atoms with van der Waals surface area (Å²) in [6, 6.07) is 8.65. The molecule has 1 saturated heterocycles. The molecule has 0 unspecified atom stereocenters. The predicted molar refractivity (Wildman–Crippen MR) is 114 cm³/mol. The van der Waals surface area contributed by atoms with Crippen LogP contribution in [0, 0.1) is 0 Å². The van der Waals surface area contributed by atoms with E-state index in [1.807, 2.05) is 15.6 Å². The Morgan fingerprint density at radius 3 is 2.90 bits per heavy atom. The molecule has 0 bridgehead atoms. The average molecular weight is 429 g/mol. The molecule has 2 aliphatic rings. The van der Waals surface area contributed by atoms with Crippen LogP contribution in [0.2, 0.25) is 0 Å². The maximum absolute atomic E-state index is 12.9. The molecule has 29 heavy (non-hydrogen) atoms. The molecular formula is C20H24N6OS2. The molecule has 5 rings (SSSR count). The molecule has 1 aliphatic carbocycles. The Labute approximate surface area is 177 Å². The number of benzene rings is 1. The van der Waals surface area contributed by atoms with E-state index in [9.17, 15) is 4.79 Å². The number of nitrogens with zero attached hydrogens (tertiary/aromatic N) is 6. The molecule has 7 nitrogen and oxygen atoms in total. The Bertz CT molecular complexity index is 963. The molecule has 0 spiro atoms. The SMILES string of the molecule is O=C(CSc1nnnn1C1CCCC1)N1CCC[C@H](c2nc3ccccc3s2)C1. The van der Waals surface area contributed by atoms with E-state index in [1.165, 1.54) is 29.3 Å². The van der Waals surface area contributed by atoms with Gasteiger partial charge in [0.2, 0.25) is 11.1 Å². The van der Waals surface area contributed by atoms with Crippen molar-refractivity contribution in [1.29, 1.82) is 0 Å². The second-order valence-electron chi connectivity index (χ2n) is 7.83. The van der Waals surface area contributed by atoms with Crippen molar-refractivity contribution < 1.29 is 4.79 Å². The highest BCUT2D eigenvalue weighted by molar-refractivity contribution is 7.99. The monoisotopic (exact) mass is 428 g/mol. The Morgan fingerprint density at radius 1 is 1.17 bits per heavy atom. The van der Waals surface area contributed by atoms with Crippen molar-refractivity contribution in [3.8, 4) is 0 Å². The number of thioether (sulfide) groups is 1. The van der Waals surface area contributed by atoms with Crippen molar-refractivity contribution in [1.82, 2.24) is 30.1 Å². The van der Waals surface area contributed by atoms with Gasteiger partial charge in [-0.05, 0) is 48.2 Å². The van der Waals surface area contributed by atoms with Crippen LogP contribution in [0.25, 0.3) is 10.2 Å². The Balaban J connectivity index is 1.22. The molecule has 1 atom stereocenters. The number of likely N-dealkylation sites (tertiary alicyclic amines) is 1. The standard InChI is InChI=1S/C20H24N6OS2/c27-18(13-28-20-22-23-24-26(20)15-7-1-2-8-15)25-11-5-6-14(12-25)19-21-16-9-3-4-10-17(16)29-19/h3-4,9-10,14-15H,1-2,5-8,11-13H2/t14-/m0/s1. The number of hydrogen-bond acceptors (Lipinski definition) is 7. The van der Waals surface area contributed by atoms with E-state index in [1.54, 1.807) is 11.3 Å². The maximum atomic E-state index is 12.9. The van der Waals surface area contributed by atoms with Gasteiger partial charge in [-0.3, -0.25) is 4.79 Å². The van der Waals surface area contributed by atoms with Crippen molar-refractivity contribution in [2.45, 2.75) is 55.6 Å². The van der Waals surface area contributed by atoms with E-state index in [0.29, 0.717) is 17.7 Å². The Morgan fingerprint density at radius 2 is 2.03 bits per heavy atom. The maximum Gasteiger partial charge on any atom is 0.233 e. The van der Waals surface area contributed by atoms with Crippen molar-refractivity contribution in [2.24, 2.45) is 0 Å². The fourth-order valence-corrected chi connectivity index (χ4v) is 6.29. The molecular weight excluding hydrogens is 404 g/mol. The summed E-state index contributed by atoms with van der Waals surface area (Å²) in [5.74, 6) is 0.889. The van der Waals surface area contributed by atoms with Gasteiger partial charge in [0.25, 0.3) is 0 Å². The van der Waals surface area contributed by atoms with E-state index >= 15 is 0 Å². The lowest BCUT2D eigenvalue weighted by Crippen LogP contribution is -2.40. The number of fused-ring (bicyclic) bond motifs is 1. The minimum Gasteiger partial charge on any atom is -0.341 e. The molecule has 1 amide bonds. The molecule has 2 aromatic heterocycles. The number of amides is 1. The van der Waals surface area contributed by atoms with Gasteiger partial charge in [-0.1, -0.05) is 36.7 Å². The van der Waals surface area contributed by atoms with Gasteiger partial charge in [0.1, 0.15) is 0 Å². The molecule has 2 fully saturated rings. The first kappa shape index (κ1) is 19.0. The molecule has 1 saturated carbocycles. The molecule has 3 aromatic rings. The third kappa shape index (κ3) is 4.02. The number of aromatic nitrogens is 5. The highest BCUT2D eigenvalue weighted by Gasteiger charge is 2.28. The minimum absolute atomic E-state index is 0.168. The largest absolute Gasteiger partial charge is 0.341 e. The second-order valence-corrected chi connectivity index (χ2v) is 9.84. The van der Waals surface area contributed by atoms with Gasteiger partial charge in [-0.25, -0.2) is 9.67 Å². The van der Waals surface area contributed by atoms with Crippen LogP contribution >= 0.6 is 23.1 Å². The summed E-state index contributed by atoms with van der Waals surface area (Å²) >= 11 is 3.23. The number of carbonyl (C=O) groups excluding carboxylic acids is 1. The van der Waals surface area contributed by atoms with Crippen molar-refractivity contribution in [3.63, 3.8) is 0 Å². The Hall–Kier alpha value is -2.00. The summed E-state index contributed by atoms with van der Waals surface area (Å²) in [7, 11) is 0. The number of piperidine rings is 1. The summed E-state index contributed by atoms with van der Waals surface area (Å²) in [6.45, 7) is 1.58. The zero-order chi connectivity index (χ0) is 19.6. The number of carbonyl (C=O) groups is 1. The van der Waals surface area contributed by atoms with Crippen LogP contribution in [0.15, 0.2) is 29.4 Å². The first-order valence-electron chi connectivity index (χ1n) is 10.3. The normalized spacial score (nSPS) is 20.6. The average Bonchev–Trinajstić information content (AvgIpc) is 3.51. The minimum atomic E-state index is 0.168. The van der Waals surface area contributed by atoms with Gasteiger partial charge in [0.15, 0.2) is 0 Å². The van der Waals surface area contributed by atoms with Crippen molar-refractivity contribution in [2.75, 3.05) is 18.8 Å². The number of tetrazole rings is 1. The highest BCUT2D eigenvalue weighted by Crippen LogP contribution is 2.34. The Kier molecular flexibility index (Phi) is 5.50. The lowest BCUT2D eigenvalue weighted by atomic mass is 9.99. The van der Waals surface area contributed by atoms with Crippen molar-refractivity contribution >= 4 is 39.2 Å². The molecule has 0 radical (unpaired) electrons.